The van der Waals surface area contributed by atoms with E-state index in [2.05, 4.69) is 10.0 Å². The number of rotatable bonds is 6. The summed E-state index contributed by atoms with van der Waals surface area (Å²) in [4.78, 5) is 48.3. The number of hydrogen-bond donors (Lipinski definition) is 0. The molecule has 0 saturated carbocycles. The largest absolute Gasteiger partial charge is 0.456 e. The molecule has 12 heteroatoms. The zero-order valence-corrected chi connectivity index (χ0v) is 14.6. The van der Waals surface area contributed by atoms with Crippen molar-refractivity contribution in [3.8, 4) is 0 Å². The molecule has 0 aromatic rings. The van der Waals surface area contributed by atoms with Crippen LogP contribution in [0.3, 0.4) is 0 Å². The monoisotopic (exact) mass is 373 g/mol. The molecule has 1 rings (SSSR count). The van der Waals surface area contributed by atoms with E-state index < -0.39 is 54.6 Å². The van der Waals surface area contributed by atoms with Crippen LogP contribution in [-0.2, 0) is 42.9 Å². The first-order valence-corrected chi connectivity index (χ1v) is 7.51. The van der Waals surface area contributed by atoms with Crippen molar-refractivity contribution < 1.29 is 42.9 Å². The van der Waals surface area contributed by atoms with Gasteiger partial charge >= 0.3 is 23.9 Å². The minimum absolute atomic E-state index is 0.323. The molecule has 144 valence electrons. The van der Waals surface area contributed by atoms with Crippen molar-refractivity contribution in [1.29, 1.82) is 0 Å². The van der Waals surface area contributed by atoms with E-state index in [0.29, 0.717) is 0 Å². The lowest BCUT2D eigenvalue weighted by molar-refractivity contribution is -0.293. The van der Waals surface area contributed by atoms with Crippen LogP contribution in [0.1, 0.15) is 27.7 Å². The maximum atomic E-state index is 11.5. The number of carbonyl (C=O) groups excluding carboxylic acids is 4. The second kappa shape index (κ2) is 9.59. The highest BCUT2D eigenvalue weighted by Gasteiger charge is 2.52. The van der Waals surface area contributed by atoms with Gasteiger partial charge < -0.3 is 23.7 Å². The number of azide groups is 1. The Bertz CT molecular complexity index is 587. The van der Waals surface area contributed by atoms with Crippen LogP contribution in [0.15, 0.2) is 5.11 Å². The highest BCUT2D eigenvalue weighted by atomic mass is 16.7. The molecule has 1 fully saturated rings. The summed E-state index contributed by atoms with van der Waals surface area (Å²) in [5.74, 6) is -3.05. The molecule has 1 heterocycles. The number of carbonyl (C=O) groups is 4. The third kappa shape index (κ3) is 6.22. The minimum atomic E-state index is -1.47. The zero-order chi connectivity index (χ0) is 19.9. The summed E-state index contributed by atoms with van der Waals surface area (Å²) in [5, 5.41) is 3.34. The van der Waals surface area contributed by atoms with Crippen LogP contribution < -0.4 is 0 Å². The van der Waals surface area contributed by atoms with Crippen molar-refractivity contribution in [3.05, 3.63) is 10.4 Å². The van der Waals surface area contributed by atoms with Crippen LogP contribution in [0.4, 0.5) is 0 Å². The van der Waals surface area contributed by atoms with Gasteiger partial charge in [-0.1, -0.05) is 5.11 Å². The van der Waals surface area contributed by atoms with Gasteiger partial charge in [0.2, 0.25) is 12.4 Å². The summed E-state index contributed by atoms with van der Waals surface area (Å²) < 4.78 is 25.8. The van der Waals surface area contributed by atoms with Crippen LogP contribution in [0.2, 0.25) is 0 Å². The topological polar surface area (TPSA) is 163 Å². The Labute approximate surface area is 148 Å². The van der Waals surface area contributed by atoms with Crippen molar-refractivity contribution in [2.45, 2.75) is 58.4 Å². The van der Waals surface area contributed by atoms with Gasteiger partial charge in [-0.05, 0) is 5.53 Å². The van der Waals surface area contributed by atoms with Crippen LogP contribution in [0.25, 0.3) is 10.4 Å². The maximum absolute atomic E-state index is 11.5. The zero-order valence-electron chi connectivity index (χ0n) is 14.6. The van der Waals surface area contributed by atoms with E-state index >= 15 is 0 Å². The molecular weight excluding hydrogens is 354 g/mol. The molecule has 1 aliphatic heterocycles. The highest BCUT2D eigenvalue weighted by molar-refractivity contribution is 5.69. The fraction of sp³-hybridized carbons (Fsp3) is 0.714. The van der Waals surface area contributed by atoms with Gasteiger partial charge in [0.1, 0.15) is 6.10 Å². The van der Waals surface area contributed by atoms with Crippen LogP contribution in [-0.4, -0.2) is 61.1 Å². The Kier molecular flexibility index (Phi) is 7.81. The number of nitrogens with zero attached hydrogens (tertiary/aromatic N) is 3. The van der Waals surface area contributed by atoms with E-state index in [0.717, 1.165) is 27.7 Å². The average molecular weight is 373 g/mol. The summed E-state index contributed by atoms with van der Waals surface area (Å²) in [7, 11) is 0. The van der Waals surface area contributed by atoms with E-state index in [4.69, 9.17) is 29.2 Å². The highest BCUT2D eigenvalue weighted by Crippen LogP contribution is 2.29. The second-order valence-corrected chi connectivity index (χ2v) is 5.29. The summed E-state index contributed by atoms with van der Waals surface area (Å²) in [5.41, 5.74) is 8.51. The van der Waals surface area contributed by atoms with Crippen molar-refractivity contribution in [2.75, 3.05) is 6.54 Å². The summed E-state index contributed by atoms with van der Waals surface area (Å²) in [6, 6.07) is 0. The molecule has 0 spiro atoms. The predicted octanol–water partition coefficient (Wildman–Crippen LogP) is 0.380. The van der Waals surface area contributed by atoms with Gasteiger partial charge in [-0.25, -0.2) is 0 Å². The lowest BCUT2D eigenvalue weighted by Gasteiger charge is -2.43. The normalized spacial score (nSPS) is 27.5. The fourth-order valence-electron chi connectivity index (χ4n) is 2.38. The van der Waals surface area contributed by atoms with Gasteiger partial charge in [0.05, 0.1) is 6.54 Å². The van der Waals surface area contributed by atoms with Crippen molar-refractivity contribution in [3.63, 3.8) is 0 Å². The van der Waals surface area contributed by atoms with Crippen LogP contribution in [0.5, 0.6) is 0 Å². The SMILES string of the molecule is CC(=O)OC1OC(CN=[N+]=[N-])[C@@H](OC(C)=O)[C@@H](OC(C)=O)[C@@H]1OC(C)=O. The van der Waals surface area contributed by atoms with Gasteiger partial charge in [0.25, 0.3) is 0 Å². The van der Waals surface area contributed by atoms with Crippen LogP contribution in [0, 0.1) is 0 Å². The molecule has 26 heavy (non-hydrogen) atoms. The average Bonchev–Trinajstić information content (AvgIpc) is 2.49. The van der Waals surface area contributed by atoms with Gasteiger partial charge in [0.15, 0.2) is 12.2 Å². The lowest BCUT2D eigenvalue weighted by atomic mass is 9.97. The van der Waals surface area contributed by atoms with E-state index in [-0.39, 0.29) is 6.54 Å². The van der Waals surface area contributed by atoms with E-state index in [1.165, 1.54) is 0 Å². The number of hydrogen-bond acceptors (Lipinski definition) is 10. The molecule has 0 aliphatic carbocycles. The standard InChI is InChI=1S/C14H19N3O9/c1-6(18)22-11-10(5-16-17-15)26-14(25-9(4)21)13(24-8(3)20)12(11)23-7(2)19/h10-14H,5H2,1-4H3/t10?,11-,12-,13+,14?/m1/s1. The first kappa shape index (κ1) is 21.2. The molecule has 1 saturated heterocycles. The Morgan fingerprint density at radius 1 is 0.846 bits per heavy atom. The number of esters is 4. The van der Waals surface area contributed by atoms with Crippen LogP contribution >= 0.6 is 0 Å². The summed E-state index contributed by atoms with van der Waals surface area (Å²) in [6.45, 7) is 4.05. The van der Waals surface area contributed by atoms with Crippen molar-refractivity contribution >= 4 is 23.9 Å². The number of ether oxygens (including phenoxy) is 5. The molecule has 0 N–H and O–H groups in total. The van der Waals surface area contributed by atoms with E-state index in [9.17, 15) is 19.2 Å². The van der Waals surface area contributed by atoms with Gasteiger partial charge in [-0.15, -0.1) is 0 Å². The Morgan fingerprint density at radius 2 is 1.31 bits per heavy atom. The van der Waals surface area contributed by atoms with Crippen molar-refractivity contribution in [2.24, 2.45) is 5.11 Å². The molecular formula is C14H19N3O9. The quantitative estimate of drug-likeness (QED) is 0.210. The molecule has 0 amide bonds. The third-order valence-electron chi connectivity index (χ3n) is 3.10. The molecule has 2 unspecified atom stereocenters. The molecule has 0 aromatic carbocycles. The molecule has 0 bridgehead atoms. The molecule has 0 radical (unpaired) electrons. The maximum Gasteiger partial charge on any atom is 0.305 e. The summed E-state index contributed by atoms with van der Waals surface area (Å²) >= 11 is 0. The predicted molar refractivity (Wildman–Crippen MR) is 81.1 cm³/mol. The summed E-state index contributed by atoms with van der Waals surface area (Å²) in [6.07, 6.45) is -6.59. The van der Waals surface area contributed by atoms with E-state index in [1.54, 1.807) is 0 Å². The van der Waals surface area contributed by atoms with Crippen molar-refractivity contribution in [1.82, 2.24) is 0 Å². The Hall–Kier alpha value is -2.85. The fourth-order valence-corrected chi connectivity index (χ4v) is 2.38. The molecule has 12 nitrogen and oxygen atoms in total. The minimum Gasteiger partial charge on any atom is -0.456 e. The van der Waals surface area contributed by atoms with Gasteiger partial charge in [0, 0.05) is 32.6 Å². The molecule has 0 aromatic heterocycles. The Balaban J connectivity index is 3.32. The first-order valence-electron chi connectivity index (χ1n) is 7.51. The third-order valence-corrected chi connectivity index (χ3v) is 3.10. The van der Waals surface area contributed by atoms with E-state index in [1.807, 2.05) is 0 Å². The van der Waals surface area contributed by atoms with Gasteiger partial charge in [-0.3, -0.25) is 19.2 Å². The molecule has 5 atom stereocenters. The van der Waals surface area contributed by atoms with Gasteiger partial charge in [-0.2, -0.15) is 0 Å². The second-order valence-electron chi connectivity index (χ2n) is 5.29. The Morgan fingerprint density at radius 3 is 1.77 bits per heavy atom. The smallest absolute Gasteiger partial charge is 0.305 e. The molecule has 1 aliphatic rings. The first-order chi connectivity index (χ1) is 12.1. The lowest BCUT2D eigenvalue weighted by Crippen LogP contribution is -2.62.